The quantitative estimate of drug-likeness (QED) is 0.563. The topological polar surface area (TPSA) is 66.0 Å². The van der Waals surface area contributed by atoms with Gasteiger partial charge in [0.25, 0.3) is 0 Å². The number of carboxylic acid groups (broad SMARTS) is 1. The first-order valence-electron chi connectivity index (χ1n) is 7.77. The zero-order valence-electron chi connectivity index (χ0n) is 13.8. The predicted molar refractivity (Wildman–Crippen MR) is 93.4 cm³/mol. The molecule has 1 N–H and O–H groups in total. The van der Waals surface area contributed by atoms with E-state index < -0.39 is 17.4 Å². The Kier molecular flexibility index (Phi) is 4.55. The van der Waals surface area contributed by atoms with Crippen LogP contribution in [0.25, 0.3) is 17.0 Å². The Morgan fingerprint density at radius 3 is 2.69 bits per heavy atom. The van der Waals surface area contributed by atoms with E-state index in [1.807, 2.05) is 0 Å². The molecule has 6 heteroatoms. The molecule has 0 unspecified atom stereocenters. The average molecular weight is 352 g/mol. The molecule has 0 atom stereocenters. The van der Waals surface area contributed by atoms with Gasteiger partial charge in [-0.05, 0) is 48.4 Å². The van der Waals surface area contributed by atoms with Crippen molar-refractivity contribution < 1.29 is 18.7 Å². The molecule has 0 radical (unpaired) electrons. The number of halogens is 2. The van der Waals surface area contributed by atoms with E-state index in [2.05, 4.69) is 0 Å². The summed E-state index contributed by atoms with van der Waals surface area (Å²) in [7, 11) is 0. The fourth-order valence-corrected chi connectivity index (χ4v) is 2.77. The van der Waals surface area contributed by atoms with Crippen LogP contribution < -0.4 is 0 Å². The van der Waals surface area contributed by atoms with Crippen molar-refractivity contribution >= 4 is 22.9 Å². The zero-order valence-corrected chi connectivity index (χ0v) is 13.8. The van der Waals surface area contributed by atoms with Gasteiger partial charge in [0, 0.05) is 29.2 Å². The lowest BCUT2D eigenvalue weighted by Gasteiger charge is -2.07. The molecule has 0 aliphatic carbocycles. The first-order chi connectivity index (χ1) is 12.4. The van der Waals surface area contributed by atoms with Crippen LogP contribution in [-0.4, -0.2) is 15.6 Å². The second-order valence-electron chi connectivity index (χ2n) is 5.93. The Balaban J connectivity index is 2.13. The van der Waals surface area contributed by atoms with Crippen molar-refractivity contribution in [2.24, 2.45) is 0 Å². The van der Waals surface area contributed by atoms with Crippen LogP contribution in [0.3, 0.4) is 0 Å². The molecular formula is C20H14F2N2O2. The number of aryl methyl sites for hydroxylation is 1. The molecule has 0 saturated carbocycles. The van der Waals surface area contributed by atoms with Crippen LogP contribution in [0.1, 0.15) is 16.7 Å². The minimum absolute atomic E-state index is 0.317. The van der Waals surface area contributed by atoms with Gasteiger partial charge in [0.05, 0.1) is 0 Å². The van der Waals surface area contributed by atoms with Gasteiger partial charge in [0.15, 0.2) is 0 Å². The van der Waals surface area contributed by atoms with Crippen LogP contribution in [0.4, 0.5) is 8.78 Å². The number of fused-ring (bicyclic) bond motifs is 1. The lowest BCUT2D eigenvalue weighted by Crippen LogP contribution is -1.99. The largest absolute Gasteiger partial charge is 0.477 e. The van der Waals surface area contributed by atoms with Crippen LogP contribution >= 0.6 is 0 Å². The Labute approximate surface area is 148 Å². The lowest BCUT2D eigenvalue weighted by molar-refractivity contribution is -0.132. The molecule has 4 nitrogen and oxygen atoms in total. The van der Waals surface area contributed by atoms with E-state index in [1.54, 1.807) is 42.0 Å². The Hall–Kier alpha value is -3.46. The number of hydrogen-bond acceptors (Lipinski definition) is 2. The second kappa shape index (κ2) is 6.81. The van der Waals surface area contributed by atoms with E-state index in [4.69, 9.17) is 10.4 Å². The van der Waals surface area contributed by atoms with E-state index in [0.29, 0.717) is 34.1 Å². The fourth-order valence-electron chi connectivity index (χ4n) is 2.77. The highest BCUT2D eigenvalue weighted by Crippen LogP contribution is 2.26. The molecule has 3 aromatic rings. The summed E-state index contributed by atoms with van der Waals surface area (Å²) in [6, 6.07) is 10.7. The molecule has 26 heavy (non-hydrogen) atoms. The molecule has 0 aliphatic heterocycles. The van der Waals surface area contributed by atoms with Gasteiger partial charge in [0.1, 0.15) is 23.3 Å². The minimum atomic E-state index is -1.36. The highest BCUT2D eigenvalue weighted by atomic mass is 19.1. The van der Waals surface area contributed by atoms with Crippen LogP contribution in [0.2, 0.25) is 0 Å². The van der Waals surface area contributed by atoms with Crippen LogP contribution in [0.15, 0.2) is 48.2 Å². The summed E-state index contributed by atoms with van der Waals surface area (Å²) in [6.45, 7) is 1.99. The smallest absolute Gasteiger partial charge is 0.346 e. The lowest BCUT2D eigenvalue weighted by atomic mass is 10.1. The van der Waals surface area contributed by atoms with E-state index in [9.17, 15) is 13.6 Å². The molecule has 0 saturated heterocycles. The second-order valence-corrected chi connectivity index (χ2v) is 5.93. The summed E-state index contributed by atoms with van der Waals surface area (Å²) in [5.41, 5.74) is 1.86. The number of aliphatic carboxylic acids is 1. The summed E-state index contributed by atoms with van der Waals surface area (Å²) >= 11 is 0. The van der Waals surface area contributed by atoms with E-state index >= 15 is 0 Å². The molecule has 3 rings (SSSR count). The molecule has 0 bridgehead atoms. The minimum Gasteiger partial charge on any atom is -0.477 e. The Morgan fingerprint density at radius 1 is 1.27 bits per heavy atom. The molecular weight excluding hydrogens is 338 g/mol. The maximum absolute atomic E-state index is 13.8. The van der Waals surface area contributed by atoms with Crippen molar-refractivity contribution in [2.75, 3.05) is 0 Å². The summed E-state index contributed by atoms with van der Waals surface area (Å²) in [5.74, 6) is -2.15. The summed E-state index contributed by atoms with van der Waals surface area (Å²) in [4.78, 5) is 11.1. The van der Waals surface area contributed by atoms with E-state index in [0.717, 1.165) is 0 Å². The summed E-state index contributed by atoms with van der Waals surface area (Å²) in [5, 5.41) is 18.5. The maximum Gasteiger partial charge on any atom is 0.346 e. The molecule has 0 aliphatic rings. The third kappa shape index (κ3) is 3.33. The van der Waals surface area contributed by atoms with Crippen molar-refractivity contribution in [1.82, 2.24) is 4.57 Å². The zero-order chi connectivity index (χ0) is 18.8. The molecule has 1 aromatic heterocycles. The van der Waals surface area contributed by atoms with Gasteiger partial charge < -0.3 is 9.67 Å². The van der Waals surface area contributed by atoms with E-state index in [-0.39, 0.29) is 5.82 Å². The molecule has 0 spiro atoms. The Bertz CT molecular complexity index is 1090. The molecule has 2 aromatic carbocycles. The number of nitriles is 1. The van der Waals surface area contributed by atoms with Gasteiger partial charge in [-0.3, -0.25) is 0 Å². The average Bonchev–Trinajstić information content (AvgIpc) is 2.92. The van der Waals surface area contributed by atoms with Gasteiger partial charge >= 0.3 is 5.97 Å². The predicted octanol–water partition coefficient (Wildman–Crippen LogP) is 4.27. The van der Waals surface area contributed by atoms with Crippen molar-refractivity contribution in [3.63, 3.8) is 0 Å². The van der Waals surface area contributed by atoms with Crippen LogP contribution in [0, 0.1) is 29.9 Å². The van der Waals surface area contributed by atoms with Gasteiger partial charge in [-0.2, -0.15) is 5.26 Å². The summed E-state index contributed by atoms with van der Waals surface area (Å²) < 4.78 is 29.2. The number of carbonyl (C=O) groups is 1. The van der Waals surface area contributed by atoms with Gasteiger partial charge in [0.2, 0.25) is 0 Å². The SMILES string of the molecule is Cc1ccc(Cn2cc(/C=C(\C#N)C(=O)O)c3cc(F)ccc32)cc1F. The third-order valence-corrected chi connectivity index (χ3v) is 4.11. The standard InChI is InChI=1S/C20H14F2N2O2/c1-12-2-3-13(6-18(12)22)10-24-11-15(7-14(9-23)20(25)26)17-8-16(21)4-5-19(17)24/h2-8,11H,10H2,1H3,(H,25,26)/b14-7+. The maximum atomic E-state index is 13.8. The first kappa shape index (κ1) is 17.4. The van der Waals surface area contributed by atoms with E-state index in [1.165, 1.54) is 24.3 Å². The third-order valence-electron chi connectivity index (χ3n) is 4.11. The highest BCUT2D eigenvalue weighted by Gasteiger charge is 2.13. The van der Waals surface area contributed by atoms with Crippen molar-refractivity contribution in [1.29, 1.82) is 5.26 Å². The number of aromatic nitrogens is 1. The normalized spacial score (nSPS) is 11.5. The molecule has 130 valence electrons. The van der Waals surface area contributed by atoms with Gasteiger partial charge in [-0.1, -0.05) is 12.1 Å². The monoisotopic (exact) mass is 352 g/mol. The van der Waals surface area contributed by atoms with Crippen molar-refractivity contribution in [3.8, 4) is 6.07 Å². The number of hydrogen-bond donors (Lipinski definition) is 1. The van der Waals surface area contributed by atoms with Crippen molar-refractivity contribution in [3.05, 3.63) is 76.5 Å². The molecule has 0 fully saturated rings. The van der Waals surface area contributed by atoms with Gasteiger partial charge in [-0.25, -0.2) is 13.6 Å². The number of nitrogens with zero attached hydrogens (tertiary/aromatic N) is 2. The number of rotatable bonds is 4. The van der Waals surface area contributed by atoms with Crippen LogP contribution in [0.5, 0.6) is 0 Å². The fraction of sp³-hybridized carbons (Fsp3) is 0.100. The van der Waals surface area contributed by atoms with Crippen molar-refractivity contribution in [2.45, 2.75) is 13.5 Å². The molecule has 0 amide bonds. The number of benzene rings is 2. The number of carboxylic acids is 1. The van der Waals surface area contributed by atoms with Gasteiger partial charge in [-0.15, -0.1) is 0 Å². The Morgan fingerprint density at radius 2 is 2.04 bits per heavy atom. The molecule has 1 heterocycles. The summed E-state index contributed by atoms with van der Waals surface area (Å²) in [6.07, 6.45) is 2.83. The van der Waals surface area contributed by atoms with Crippen LogP contribution in [-0.2, 0) is 11.3 Å². The first-order valence-corrected chi connectivity index (χ1v) is 7.77. The highest BCUT2D eigenvalue weighted by molar-refractivity contribution is 6.00.